The van der Waals surface area contributed by atoms with E-state index in [-0.39, 0.29) is 5.91 Å². The van der Waals surface area contributed by atoms with Crippen molar-refractivity contribution < 1.29 is 4.79 Å². The first-order valence-electron chi connectivity index (χ1n) is 5.87. The van der Waals surface area contributed by atoms with E-state index in [0.717, 1.165) is 5.69 Å². The first-order valence-corrected chi connectivity index (χ1v) is 6.62. The number of nitrogens with zero attached hydrogens (tertiary/aromatic N) is 2. The van der Waals surface area contributed by atoms with Crippen LogP contribution >= 0.6 is 23.2 Å². The Labute approximate surface area is 127 Å². The molecule has 0 aliphatic carbocycles. The maximum Gasteiger partial charge on any atom is 0.257 e. The number of hydrogen-bond acceptors (Lipinski definition) is 3. The second-order valence-electron chi connectivity index (χ2n) is 4.37. The van der Waals surface area contributed by atoms with Crippen molar-refractivity contribution in [1.29, 1.82) is 0 Å². The summed E-state index contributed by atoms with van der Waals surface area (Å²) in [6, 6.07) is 6.89. The van der Waals surface area contributed by atoms with Gasteiger partial charge in [-0.3, -0.25) is 9.78 Å². The Bertz CT molecular complexity index is 644. The van der Waals surface area contributed by atoms with Gasteiger partial charge < -0.3 is 10.2 Å². The molecule has 0 radical (unpaired) electrons. The normalized spacial score (nSPS) is 10.2. The summed E-state index contributed by atoms with van der Waals surface area (Å²) < 4.78 is 0. The fourth-order valence-corrected chi connectivity index (χ4v) is 2.26. The van der Waals surface area contributed by atoms with Crippen LogP contribution in [0.1, 0.15) is 10.4 Å². The quantitative estimate of drug-likeness (QED) is 0.940. The second kappa shape index (κ2) is 6.11. The average molecular weight is 310 g/mol. The van der Waals surface area contributed by atoms with Gasteiger partial charge in [0.05, 0.1) is 21.3 Å². The van der Waals surface area contributed by atoms with E-state index < -0.39 is 0 Å². The van der Waals surface area contributed by atoms with Gasteiger partial charge in [0.1, 0.15) is 0 Å². The summed E-state index contributed by atoms with van der Waals surface area (Å²) >= 11 is 12.1. The van der Waals surface area contributed by atoms with Crippen molar-refractivity contribution in [3.05, 3.63) is 52.3 Å². The molecule has 0 unspecified atom stereocenters. The van der Waals surface area contributed by atoms with Crippen molar-refractivity contribution in [2.75, 3.05) is 24.3 Å². The van der Waals surface area contributed by atoms with Crippen molar-refractivity contribution in [3.8, 4) is 0 Å². The van der Waals surface area contributed by atoms with Gasteiger partial charge in [0.25, 0.3) is 5.91 Å². The van der Waals surface area contributed by atoms with Crippen LogP contribution in [0, 0.1) is 0 Å². The standard InChI is InChI=1S/C14H13Cl2N3O/c1-19(2)13-4-3-9(7-11(13)15)18-14(20)10-5-6-17-8-12(10)16/h3-8H,1-2H3,(H,18,20). The third-order valence-corrected chi connectivity index (χ3v) is 3.31. The van der Waals surface area contributed by atoms with E-state index in [4.69, 9.17) is 23.2 Å². The minimum absolute atomic E-state index is 0.300. The van der Waals surface area contributed by atoms with Gasteiger partial charge in [-0.25, -0.2) is 0 Å². The number of aromatic nitrogens is 1. The highest BCUT2D eigenvalue weighted by Crippen LogP contribution is 2.27. The summed E-state index contributed by atoms with van der Waals surface area (Å²) in [5.41, 5.74) is 1.86. The van der Waals surface area contributed by atoms with Crippen molar-refractivity contribution in [2.24, 2.45) is 0 Å². The Kier molecular flexibility index (Phi) is 4.47. The molecule has 0 spiro atoms. The van der Waals surface area contributed by atoms with Crippen LogP contribution in [0.25, 0.3) is 0 Å². The van der Waals surface area contributed by atoms with Crippen LogP contribution in [0.5, 0.6) is 0 Å². The molecule has 104 valence electrons. The zero-order valence-corrected chi connectivity index (χ0v) is 12.5. The lowest BCUT2D eigenvalue weighted by molar-refractivity contribution is 0.102. The monoisotopic (exact) mass is 309 g/mol. The Morgan fingerprint density at radius 3 is 2.55 bits per heavy atom. The average Bonchev–Trinajstić information content (AvgIpc) is 2.38. The number of halogens is 2. The summed E-state index contributed by atoms with van der Waals surface area (Å²) in [5.74, 6) is -0.300. The predicted molar refractivity (Wildman–Crippen MR) is 83.0 cm³/mol. The maximum atomic E-state index is 12.1. The summed E-state index contributed by atoms with van der Waals surface area (Å²) in [7, 11) is 3.80. The van der Waals surface area contributed by atoms with Crippen molar-refractivity contribution >= 4 is 40.5 Å². The highest BCUT2D eigenvalue weighted by Gasteiger charge is 2.11. The predicted octanol–water partition coefficient (Wildman–Crippen LogP) is 3.71. The Balaban J connectivity index is 2.21. The Hall–Kier alpha value is -1.78. The minimum atomic E-state index is -0.300. The van der Waals surface area contributed by atoms with E-state index in [1.807, 2.05) is 25.1 Å². The number of carbonyl (C=O) groups excluding carboxylic acids is 1. The molecule has 0 fully saturated rings. The summed E-state index contributed by atoms with van der Waals surface area (Å²) in [4.78, 5) is 17.8. The SMILES string of the molecule is CN(C)c1ccc(NC(=O)c2ccncc2Cl)cc1Cl. The third kappa shape index (κ3) is 3.21. The van der Waals surface area contributed by atoms with E-state index in [1.54, 1.807) is 18.2 Å². The van der Waals surface area contributed by atoms with E-state index in [2.05, 4.69) is 10.3 Å². The third-order valence-electron chi connectivity index (χ3n) is 2.70. The van der Waals surface area contributed by atoms with Gasteiger partial charge in [-0.05, 0) is 24.3 Å². The molecule has 1 amide bonds. The lowest BCUT2D eigenvalue weighted by atomic mass is 10.2. The molecule has 1 N–H and O–H groups in total. The van der Waals surface area contributed by atoms with Gasteiger partial charge in [0.2, 0.25) is 0 Å². The summed E-state index contributed by atoms with van der Waals surface area (Å²) in [6.45, 7) is 0. The topological polar surface area (TPSA) is 45.2 Å². The molecule has 0 bridgehead atoms. The smallest absolute Gasteiger partial charge is 0.257 e. The second-order valence-corrected chi connectivity index (χ2v) is 5.18. The molecule has 4 nitrogen and oxygen atoms in total. The lowest BCUT2D eigenvalue weighted by Crippen LogP contribution is -2.13. The number of hydrogen-bond donors (Lipinski definition) is 1. The van der Waals surface area contributed by atoms with Gasteiger partial charge in [-0.15, -0.1) is 0 Å². The van der Waals surface area contributed by atoms with Crippen LogP contribution in [0.15, 0.2) is 36.7 Å². The largest absolute Gasteiger partial charge is 0.376 e. The van der Waals surface area contributed by atoms with Gasteiger partial charge >= 0.3 is 0 Å². The molecule has 0 atom stereocenters. The van der Waals surface area contributed by atoms with Crippen LogP contribution in [-0.4, -0.2) is 25.0 Å². The molecule has 0 saturated heterocycles. The lowest BCUT2D eigenvalue weighted by Gasteiger charge is -2.15. The van der Waals surface area contributed by atoms with E-state index >= 15 is 0 Å². The van der Waals surface area contributed by atoms with Crippen LogP contribution in [0.2, 0.25) is 10.0 Å². The zero-order chi connectivity index (χ0) is 14.7. The maximum absolute atomic E-state index is 12.1. The van der Waals surface area contributed by atoms with Gasteiger partial charge in [0.15, 0.2) is 0 Å². The molecule has 0 aliphatic heterocycles. The van der Waals surface area contributed by atoms with Crippen molar-refractivity contribution in [1.82, 2.24) is 4.98 Å². The Morgan fingerprint density at radius 2 is 1.95 bits per heavy atom. The Morgan fingerprint density at radius 1 is 1.20 bits per heavy atom. The number of rotatable bonds is 3. The van der Waals surface area contributed by atoms with Gasteiger partial charge in [0, 0.05) is 32.2 Å². The molecule has 6 heteroatoms. The number of benzene rings is 1. The van der Waals surface area contributed by atoms with Crippen molar-refractivity contribution in [3.63, 3.8) is 0 Å². The van der Waals surface area contributed by atoms with E-state index in [1.165, 1.54) is 12.4 Å². The highest BCUT2D eigenvalue weighted by molar-refractivity contribution is 6.34. The first kappa shape index (κ1) is 14.6. The minimum Gasteiger partial charge on any atom is -0.376 e. The molecule has 2 rings (SSSR count). The molecule has 1 aromatic heterocycles. The summed E-state index contributed by atoms with van der Waals surface area (Å²) in [6.07, 6.45) is 2.95. The molecular weight excluding hydrogens is 297 g/mol. The van der Waals surface area contributed by atoms with Crippen LogP contribution in [0.4, 0.5) is 11.4 Å². The summed E-state index contributed by atoms with van der Waals surface area (Å²) in [5, 5.41) is 3.62. The molecule has 2 aromatic rings. The molecule has 1 aromatic carbocycles. The van der Waals surface area contributed by atoms with Crippen LogP contribution < -0.4 is 10.2 Å². The molecule has 1 heterocycles. The van der Waals surface area contributed by atoms with Crippen molar-refractivity contribution in [2.45, 2.75) is 0 Å². The zero-order valence-electron chi connectivity index (χ0n) is 11.0. The van der Waals surface area contributed by atoms with E-state index in [0.29, 0.717) is 21.3 Å². The fourth-order valence-electron chi connectivity index (χ4n) is 1.71. The van der Waals surface area contributed by atoms with Gasteiger partial charge in [-0.2, -0.15) is 0 Å². The van der Waals surface area contributed by atoms with E-state index in [9.17, 15) is 4.79 Å². The number of nitrogens with one attached hydrogen (secondary N) is 1. The highest BCUT2D eigenvalue weighted by atomic mass is 35.5. The van der Waals surface area contributed by atoms with Crippen LogP contribution in [-0.2, 0) is 0 Å². The first-order chi connectivity index (χ1) is 9.49. The number of anilines is 2. The molecular formula is C14H13Cl2N3O. The number of pyridine rings is 1. The fraction of sp³-hybridized carbons (Fsp3) is 0.143. The van der Waals surface area contributed by atoms with Crippen LogP contribution in [0.3, 0.4) is 0 Å². The molecule has 0 saturated carbocycles. The molecule has 20 heavy (non-hydrogen) atoms. The van der Waals surface area contributed by atoms with Gasteiger partial charge in [-0.1, -0.05) is 23.2 Å². The molecule has 0 aliphatic rings. The number of carbonyl (C=O) groups is 1. The number of amides is 1.